The van der Waals surface area contributed by atoms with Crippen LogP contribution in [0, 0.1) is 5.41 Å². The lowest BCUT2D eigenvalue weighted by Gasteiger charge is -2.39. The second kappa shape index (κ2) is 3.65. The van der Waals surface area contributed by atoms with Gasteiger partial charge in [0.1, 0.15) is 5.41 Å². The molecule has 0 atom stereocenters. The Morgan fingerprint density at radius 3 is 2.14 bits per heavy atom. The lowest BCUT2D eigenvalue weighted by molar-refractivity contribution is -0.157. The normalized spacial score (nSPS) is 19.7. The number of Topliss-reactive ketones (excluding diaryl/α,β-unsaturated/α-hetero) is 1. The van der Waals surface area contributed by atoms with E-state index in [2.05, 4.69) is 20.7 Å². The van der Waals surface area contributed by atoms with Crippen molar-refractivity contribution in [1.82, 2.24) is 0 Å². The molecule has 0 radical (unpaired) electrons. The zero-order valence-corrected chi connectivity index (χ0v) is 10.3. The highest BCUT2D eigenvalue weighted by Gasteiger charge is 2.51. The molecule has 14 heavy (non-hydrogen) atoms. The van der Waals surface area contributed by atoms with Gasteiger partial charge in [-0.25, -0.2) is 0 Å². The molecule has 0 spiro atoms. The van der Waals surface area contributed by atoms with Crippen molar-refractivity contribution in [2.45, 2.75) is 37.4 Å². The number of methoxy groups -OCH3 is 1. The standard InChI is InChI=1S/C10H15BrO3/c1-9(2,8(13)14-3)7(12)10(11)5-4-6-10/h4-6H2,1-3H3. The summed E-state index contributed by atoms with van der Waals surface area (Å²) in [6.45, 7) is 3.23. The predicted molar refractivity (Wildman–Crippen MR) is 56.3 cm³/mol. The van der Waals surface area contributed by atoms with Crippen LogP contribution in [0.15, 0.2) is 0 Å². The van der Waals surface area contributed by atoms with E-state index in [4.69, 9.17) is 0 Å². The van der Waals surface area contributed by atoms with Gasteiger partial charge in [-0.05, 0) is 33.1 Å². The fraction of sp³-hybridized carbons (Fsp3) is 0.800. The minimum absolute atomic E-state index is 0.0666. The van der Waals surface area contributed by atoms with Crippen LogP contribution in [-0.4, -0.2) is 23.2 Å². The molecule has 0 bridgehead atoms. The highest BCUT2D eigenvalue weighted by molar-refractivity contribution is 9.10. The molecule has 0 aliphatic heterocycles. The molecule has 0 aromatic heterocycles. The molecule has 0 aromatic rings. The number of hydrogen-bond donors (Lipinski definition) is 0. The molecule has 0 amide bonds. The van der Waals surface area contributed by atoms with E-state index < -0.39 is 15.7 Å². The van der Waals surface area contributed by atoms with Gasteiger partial charge in [-0.3, -0.25) is 9.59 Å². The average Bonchev–Trinajstić information content (AvgIpc) is 2.11. The van der Waals surface area contributed by atoms with Crippen molar-refractivity contribution >= 4 is 27.7 Å². The molecule has 1 aliphatic carbocycles. The van der Waals surface area contributed by atoms with E-state index in [0.717, 1.165) is 19.3 Å². The maximum atomic E-state index is 12.0. The predicted octanol–water partition coefficient (Wildman–Crippen LogP) is 2.07. The quantitative estimate of drug-likeness (QED) is 0.445. The molecule has 1 saturated carbocycles. The Hall–Kier alpha value is -0.380. The molecular weight excluding hydrogens is 248 g/mol. The fourth-order valence-electron chi connectivity index (χ4n) is 1.62. The molecular formula is C10H15BrO3. The second-order valence-electron chi connectivity index (χ2n) is 4.26. The number of hydrogen-bond acceptors (Lipinski definition) is 3. The van der Waals surface area contributed by atoms with Crippen LogP contribution in [0.25, 0.3) is 0 Å². The van der Waals surface area contributed by atoms with Crippen LogP contribution in [0.5, 0.6) is 0 Å². The van der Waals surface area contributed by atoms with Crippen LogP contribution >= 0.6 is 15.9 Å². The summed E-state index contributed by atoms with van der Waals surface area (Å²) in [4.78, 5) is 23.4. The lowest BCUT2D eigenvalue weighted by atomic mass is 9.72. The van der Waals surface area contributed by atoms with Crippen LogP contribution in [-0.2, 0) is 14.3 Å². The summed E-state index contributed by atoms with van der Waals surface area (Å²) in [6, 6.07) is 0. The number of carbonyl (C=O) groups is 2. The first-order valence-corrected chi connectivity index (χ1v) is 5.46. The van der Waals surface area contributed by atoms with Crippen LogP contribution in [0.1, 0.15) is 33.1 Å². The topological polar surface area (TPSA) is 43.4 Å². The Morgan fingerprint density at radius 2 is 1.86 bits per heavy atom. The summed E-state index contributed by atoms with van der Waals surface area (Å²) in [5.74, 6) is -0.531. The van der Waals surface area contributed by atoms with Gasteiger partial charge in [-0.1, -0.05) is 15.9 Å². The van der Waals surface area contributed by atoms with Gasteiger partial charge in [0.15, 0.2) is 5.78 Å². The van der Waals surface area contributed by atoms with Crippen molar-refractivity contribution in [1.29, 1.82) is 0 Å². The second-order valence-corrected chi connectivity index (χ2v) is 5.78. The fourth-order valence-corrected chi connectivity index (χ4v) is 2.68. The third kappa shape index (κ3) is 1.72. The van der Waals surface area contributed by atoms with Gasteiger partial charge in [-0.2, -0.15) is 0 Å². The van der Waals surface area contributed by atoms with Crippen molar-refractivity contribution < 1.29 is 14.3 Å². The molecule has 80 valence electrons. The zero-order chi connectivity index (χ0) is 11.0. The maximum absolute atomic E-state index is 12.0. The Kier molecular flexibility index (Phi) is 3.04. The van der Waals surface area contributed by atoms with E-state index in [1.807, 2.05) is 0 Å². The van der Waals surface area contributed by atoms with Gasteiger partial charge in [-0.15, -0.1) is 0 Å². The van der Waals surface area contributed by atoms with E-state index in [1.165, 1.54) is 7.11 Å². The SMILES string of the molecule is COC(=O)C(C)(C)C(=O)C1(Br)CCC1. The molecule has 1 rings (SSSR count). The minimum Gasteiger partial charge on any atom is -0.468 e. The maximum Gasteiger partial charge on any atom is 0.318 e. The van der Waals surface area contributed by atoms with E-state index in [-0.39, 0.29) is 5.78 Å². The first kappa shape index (κ1) is 11.7. The van der Waals surface area contributed by atoms with E-state index in [9.17, 15) is 9.59 Å². The summed E-state index contributed by atoms with van der Waals surface area (Å²) in [5, 5.41) is 0. The van der Waals surface area contributed by atoms with Gasteiger partial charge >= 0.3 is 5.97 Å². The van der Waals surface area contributed by atoms with Crippen LogP contribution < -0.4 is 0 Å². The number of rotatable bonds is 3. The highest BCUT2D eigenvalue weighted by Crippen LogP contribution is 2.45. The summed E-state index contributed by atoms with van der Waals surface area (Å²) in [7, 11) is 1.30. The Morgan fingerprint density at radius 1 is 1.36 bits per heavy atom. The Bertz CT molecular complexity index is 267. The first-order chi connectivity index (χ1) is 6.34. The Balaban J connectivity index is 2.82. The monoisotopic (exact) mass is 262 g/mol. The van der Waals surface area contributed by atoms with Crippen LogP contribution in [0.4, 0.5) is 0 Å². The van der Waals surface area contributed by atoms with Crippen molar-refractivity contribution in [3.05, 3.63) is 0 Å². The highest BCUT2D eigenvalue weighted by atomic mass is 79.9. The summed E-state index contributed by atoms with van der Waals surface area (Å²) < 4.78 is 4.14. The Labute approximate surface area is 92.3 Å². The smallest absolute Gasteiger partial charge is 0.318 e. The first-order valence-electron chi connectivity index (χ1n) is 4.67. The molecule has 0 unspecified atom stereocenters. The van der Waals surface area contributed by atoms with Gasteiger partial charge in [0.05, 0.1) is 11.4 Å². The summed E-state index contributed by atoms with van der Waals surface area (Å²) in [5.41, 5.74) is -1.04. The van der Waals surface area contributed by atoms with Gasteiger partial charge in [0, 0.05) is 0 Å². The van der Waals surface area contributed by atoms with E-state index in [0.29, 0.717) is 0 Å². The molecule has 0 aromatic carbocycles. The van der Waals surface area contributed by atoms with Crippen LogP contribution in [0.3, 0.4) is 0 Å². The molecule has 0 heterocycles. The molecule has 1 fully saturated rings. The number of carbonyl (C=O) groups excluding carboxylic acids is 2. The molecule has 3 nitrogen and oxygen atoms in total. The molecule has 1 aliphatic rings. The summed E-state index contributed by atoms with van der Waals surface area (Å²) in [6.07, 6.45) is 2.66. The third-order valence-electron chi connectivity index (χ3n) is 2.82. The lowest BCUT2D eigenvalue weighted by Crippen LogP contribution is -2.50. The van der Waals surface area contributed by atoms with E-state index >= 15 is 0 Å². The zero-order valence-electron chi connectivity index (χ0n) is 8.72. The van der Waals surface area contributed by atoms with Crippen LogP contribution in [0.2, 0.25) is 0 Å². The van der Waals surface area contributed by atoms with Gasteiger partial charge in [0.2, 0.25) is 0 Å². The van der Waals surface area contributed by atoms with Crippen molar-refractivity contribution in [3.63, 3.8) is 0 Å². The van der Waals surface area contributed by atoms with E-state index in [1.54, 1.807) is 13.8 Å². The van der Waals surface area contributed by atoms with Crippen molar-refractivity contribution in [2.24, 2.45) is 5.41 Å². The minimum atomic E-state index is -1.04. The molecule has 0 N–H and O–H groups in total. The van der Waals surface area contributed by atoms with Gasteiger partial charge < -0.3 is 4.74 Å². The van der Waals surface area contributed by atoms with Crippen molar-refractivity contribution in [2.75, 3.05) is 7.11 Å². The largest absolute Gasteiger partial charge is 0.468 e. The summed E-state index contributed by atoms with van der Waals surface area (Å²) >= 11 is 3.41. The van der Waals surface area contributed by atoms with Gasteiger partial charge in [0.25, 0.3) is 0 Å². The number of esters is 1. The molecule has 0 saturated heterocycles. The molecule has 4 heteroatoms. The third-order valence-corrected chi connectivity index (χ3v) is 3.97. The number of ether oxygens (including phenoxy) is 1. The number of alkyl halides is 1. The average molecular weight is 263 g/mol. The van der Waals surface area contributed by atoms with Crippen molar-refractivity contribution in [3.8, 4) is 0 Å². The number of halogens is 1. The number of ketones is 1.